The molecule has 0 saturated carbocycles. The lowest BCUT2D eigenvalue weighted by Gasteiger charge is -2.08. The van der Waals surface area contributed by atoms with Crippen LogP contribution in [0.5, 0.6) is 0 Å². The number of carbonyl (C=O) groups is 1. The maximum Gasteiger partial charge on any atom is 0.242 e. The molecule has 1 heterocycles. The van der Waals surface area contributed by atoms with Gasteiger partial charge >= 0.3 is 0 Å². The van der Waals surface area contributed by atoms with E-state index < -0.39 is 5.92 Å². The van der Waals surface area contributed by atoms with E-state index >= 15 is 0 Å². The Balaban J connectivity index is 2.01. The van der Waals surface area contributed by atoms with Gasteiger partial charge in [-0.2, -0.15) is 10.4 Å². The van der Waals surface area contributed by atoms with Crippen molar-refractivity contribution in [3.8, 4) is 6.07 Å². The van der Waals surface area contributed by atoms with Gasteiger partial charge < -0.3 is 5.32 Å². The van der Waals surface area contributed by atoms with Crippen molar-refractivity contribution in [3.63, 3.8) is 0 Å². The molecule has 102 valence electrons. The SMILES string of the molecule is CCn1cc(NC(=O)C(C#N)Cc2ccccc2)cn1. The van der Waals surface area contributed by atoms with Crippen LogP contribution in [0.3, 0.4) is 0 Å². The molecule has 0 saturated heterocycles. The van der Waals surface area contributed by atoms with Gasteiger partial charge in [0.05, 0.1) is 18.0 Å². The molecular formula is C15H16N4O. The lowest BCUT2D eigenvalue weighted by molar-refractivity contribution is -0.118. The van der Waals surface area contributed by atoms with Gasteiger partial charge in [0.15, 0.2) is 0 Å². The quantitative estimate of drug-likeness (QED) is 0.903. The van der Waals surface area contributed by atoms with Gasteiger partial charge in [0.2, 0.25) is 5.91 Å². The molecule has 1 aromatic carbocycles. The zero-order valence-electron chi connectivity index (χ0n) is 11.3. The first-order valence-corrected chi connectivity index (χ1v) is 6.49. The van der Waals surface area contributed by atoms with E-state index in [1.54, 1.807) is 17.1 Å². The minimum atomic E-state index is -0.706. The van der Waals surface area contributed by atoms with Crippen LogP contribution < -0.4 is 5.32 Å². The summed E-state index contributed by atoms with van der Waals surface area (Å²) >= 11 is 0. The zero-order chi connectivity index (χ0) is 14.4. The molecule has 5 heteroatoms. The number of carbonyl (C=O) groups excluding carboxylic acids is 1. The van der Waals surface area contributed by atoms with Gasteiger partial charge in [-0.15, -0.1) is 0 Å². The normalized spacial score (nSPS) is 11.6. The van der Waals surface area contributed by atoms with E-state index in [4.69, 9.17) is 5.26 Å². The van der Waals surface area contributed by atoms with Gasteiger partial charge in [-0.25, -0.2) is 0 Å². The maximum absolute atomic E-state index is 12.1. The van der Waals surface area contributed by atoms with Crippen molar-refractivity contribution < 1.29 is 4.79 Å². The van der Waals surface area contributed by atoms with E-state index in [-0.39, 0.29) is 5.91 Å². The summed E-state index contributed by atoms with van der Waals surface area (Å²) in [4.78, 5) is 12.1. The Morgan fingerprint density at radius 1 is 1.45 bits per heavy atom. The van der Waals surface area contributed by atoms with Crippen LogP contribution in [0.15, 0.2) is 42.7 Å². The number of amides is 1. The third-order valence-electron chi connectivity index (χ3n) is 2.98. The average molecular weight is 268 g/mol. The van der Waals surface area contributed by atoms with Crippen LogP contribution in [-0.4, -0.2) is 15.7 Å². The van der Waals surface area contributed by atoms with Crippen LogP contribution in [-0.2, 0) is 17.8 Å². The van der Waals surface area contributed by atoms with Crippen molar-refractivity contribution in [1.82, 2.24) is 9.78 Å². The number of nitrogens with one attached hydrogen (secondary N) is 1. The number of aryl methyl sites for hydroxylation is 1. The smallest absolute Gasteiger partial charge is 0.242 e. The number of hydrogen-bond donors (Lipinski definition) is 1. The van der Waals surface area contributed by atoms with Gasteiger partial charge in [-0.3, -0.25) is 9.48 Å². The number of hydrogen-bond acceptors (Lipinski definition) is 3. The monoisotopic (exact) mass is 268 g/mol. The maximum atomic E-state index is 12.1. The summed E-state index contributed by atoms with van der Waals surface area (Å²) in [5, 5.41) is 16.0. The zero-order valence-corrected chi connectivity index (χ0v) is 11.3. The van der Waals surface area contributed by atoms with E-state index in [1.165, 1.54) is 0 Å². The van der Waals surface area contributed by atoms with Crippen LogP contribution in [0.25, 0.3) is 0 Å². The molecule has 20 heavy (non-hydrogen) atoms. The molecule has 0 aliphatic rings. The number of anilines is 1. The average Bonchev–Trinajstić information content (AvgIpc) is 2.93. The molecular weight excluding hydrogens is 252 g/mol. The lowest BCUT2D eigenvalue weighted by Crippen LogP contribution is -2.23. The minimum absolute atomic E-state index is 0.299. The second kappa shape index (κ2) is 6.53. The molecule has 5 nitrogen and oxygen atoms in total. The number of rotatable bonds is 5. The summed E-state index contributed by atoms with van der Waals surface area (Å²) in [5.74, 6) is -1.01. The Kier molecular flexibility index (Phi) is 4.51. The van der Waals surface area contributed by atoms with Gasteiger partial charge in [-0.05, 0) is 18.9 Å². The van der Waals surface area contributed by atoms with Gasteiger partial charge in [0, 0.05) is 12.7 Å². The summed E-state index contributed by atoms with van der Waals surface area (Å²) in [6.07, 6.45) is 3.73. The van der Waals surface area contributed by atoms with Crippen molar-refractivity contribution in [3.05, 3.63) is 48.3 Å². The topological polar surface area (TPSA) is 70.7 Å². The molecule has 1 atom stereocenters. The molecule has 0 aliphatic carbocycles. The largest absolute Gasteiger partial charge is 0.322 e. The van der Waals surface area contributed by atoms with Crippen LogP contribution in [0.1, 0.15) is 12.5 Å². The molecule has 1 amide bonds. The summed E-state index contributed by atoms with van der Waals surface area (Å²) in [6.45, 7) is 2.70. The highest BCUT2D eigenvalue weighted by molar-refractivity contribution is 5.94. The fraction of sp³-hybridized carbons (Fsp3) is 0.267. The van der Waals surface area contributed by atoms with Gasteiger partial charge in [0.1, 0.15) is 5.92 Å². The van der Waals surface area contributed by atoms with Crippen molar-refractivity contribution in [2.75, 3.05) is 5.32 Å². The first-order chi connectivity index (χ1) is 9.72. The number of benzene rings is 1. The molecule has 1 aromatic heterocycles. The highest BCUT2D eigenvalue weighted by Gasteiger charge is 2.18. The summed E-state index contributed by atoms with van der Waals surface area (Å²) in [6, 6.07) is 11.6. The Bertz CT molecular complexity index is 612. The highest BCUT2D eigenvalue weighted by atomic mass is 16.1. The van der Waals surface area contributed by atoms with E-state index in [2.05, 4.69) is 16.5 Å². The molecule has 1 N–H and O–H groups in total. The Labute approximate surface area is 117 Å². The second-order valence-corrected chi connectivity index (χ2v) is 4.45. The summed E-state index contributed by atoms with van der Waals surface area (Å²) in [5.41, 5.74) is 1.59. The standard InChI is InChI=1S/C15H16N4O/c1-2-19-11-14(10-17-19)18-15(20)13(9-16)8-12-6-4-3-5-7-12/h3-7,10-11,13H,2,8H2,1H3,(H,18,20). The Hall–Kier alpha value is -2.61. The second-order valence-electron chi connectivity index (χ2n) is 4.45. The van der Waals surface area contributed by atoms with E-state index in [1.807, 2.05) is 37.3 Å². The Morgan fingerprint density at radius 3 is 2.80 bits per heavy atom. The number of aromatic nitrogens is 2. The predicted octanol–water partition coefficient (Wildman–Crippen LogP) is 2.22. The van der Waals surface area contributed by atoms with Crippen LogP contribution in [0.4, 0.5) is 5.69 Å². The van der Waals surface area contributed by atoms with E-state index in [9.17, 15) is 4.79 Å². The number of nitriles is 1. The van der Waals surface area contributed by atoms with Crippen LogP contribution in [0, 0.1) is 17.2 Å². The number of nitrogens with zero attached hydrogens (tertiary/aromatic N) is 3. The first kappa shape index (κ1) is 13.8. The highest BCUT2D eigenvalue weighted by Crippen LogP contribution is 2.12. The third-order valence-corrected chi connectivity index (χ3v) is 2.98. The lowest BCUT2D eigenvalue weighted by atomic mass is 10.00. The van der Waals surface area contributed by atoms with Crippen molar-refractivity contribution in [1.29, 1.82) is 5.26 Å². The van der Waals surface area contributed by atoms with Crippen molar-refractivity contribution >= 4 is 11.6 Å². The van der Waals surface area contributed by atoms with Gasteiger partial charge in [0.25, 0.3) is 0 Å². The molecule has 0 spiro atoms. The minimum Gasteiger partial charge on any atom is -0.322 e. The first-order valence-electron chi connectivity index (χ1n) is 6.49. The van der Waals surface area contributed by atoms with E-state index in [0.29, 0.717) is 12.1 Å². The van der Waals surface area contributed by atoms with E-state index in [0.717, 1.165) is 12.1 Å². The predicted molar refractivity (Wildman–Crippen MR) is 75.8 cm³/mol. The Morgan fingerprint density at radius 2 is 2.20 bits per heavy atom. The van der Waals surface area contributed by atoms with Crippen molar-refractivity contribution in [2.45, 2.75) is 19.9 Å². The van der Waals surface area contributed by atoms with Crippen molar-refractivity contribution in [2.24, 2.45) is 5.92 Å². The molecule has 0 radical (unpaired) electrons. The molecule has 2 aromatic rings. The fourth-order valence-corrected chi connectivity index (χ4v) is 1.88. The molecule has 2 rings (SSSR count). The summed E-state index contributed by atoms with van der Waals surface area (Å²) < 4.78 is 1.72. The molecule has 0 bridgehead atoms. The molecule has 0 fully saturated rings. The molecule has 0 aliphatic heterocycles. The van der Waals surface area contributed by atoms with Gasteiger partial charge in [-0.1, -0.05) is 30.3 Å². The summed E-state index contributed by atoms with van der Waals surface area (Å²) in [7, 11) is 0. The third kappa shape index (κ3) is 3.45. The molecule has 1 unspecified atom stereocenters. The fourth-order valence-electron chi connectivity index (χ4n) is 1.88. The van der Waals surface area contributed by atoms with Crippen LogP contribution >= 0.6 is 0 Å². The van der Waals surface area contributed by atoms with Crippen LogP contribution in [0.2, 0.25) is 0 Å².